The van der Waals surface area contributed by atoms with Gasteiger partial charge in [-0.15, -0.1) is 0 Å². The molecule has 0 fully saturated rings. The third kappa shape index (κ3) is 4.68. The van der Waals surface area contributed by atoms with E-state index >= 15 is 0 Å². The first-order chi connectivity index (χ1) is 9.85. The average molecular weight is 282 g/mol. The molecule has 1 aromatic heterocycles. The minimum absolute atomic E-state index is 0.189. The summed E-state index contributed by atoms with van der Waals surface area (Å²) in [6, 6.07) is 10.7. The smallest absolute Gasteiger partial charge is 0.0705 e. The number of hydrogen-bond acceptors (Lipinski definition) is 2. The molecule has 0 saturated carbocycles. The van der Waals surface area contributed by atoms with Gasteiger partial charge in [0.1, 0.15) is 0 Å². The molecule has 0 amide bonds. The Morgan fingerprint density at radius 3 is 2.67 bits per heavy atom. The zero-order valence-corrected chi connectivity index (χ0v) is 13.8. The van der Waals surface area contributed by atoms with Crippen molar-refractivity contribution in [1.29, 1.82) is 0 Å². The Morgan fingerprint density at radius 2 is 1.95 bits per heavy atom. The summed E-state index contributed by atoms with van der Waals surface area (Å²) in [5.41, 5.74) is 4.93. The van der Waals surface area contributed by atoms with Crippen molar-refractivity contribution in [3.05, 3.63) is 47.7 Å². The zero-order valence-electron chi connectivity index (χ0n) is 13.8. The monoisotopic (exact) mass is 282 g/mol. The van der Waals surface area contributed by atoms with Gasteiger partial charge in [0.25, 0.3) is 0 Å². The number of aromatic nitrogens is 1. The molecule has 0 aliphatic rings. The predicted octanol–water partition coefficient (Wildman–Crippen LogP) is 4.72. The second-order valence-corrected chi connectivity index (χ2v) is 6.71. The first-order valence-corrected chi connectivity index (χ1v) is 7.65. The standard InChI is InChI=1S/C19H26N2/c1-14(7-6-12-20-19(3,4)5)16-10-11-18-17(13-16)9-8-15(2)21-18/h7-11,13,20H,6,12H2,1-5H3/b14-7-. The lowest BCUT2D eigenvalue weighted by atomic mass is 10.0. The lowest BCUT2D eigenvalue weighted by Gasteiger charge is -2.19. The molecule has 1 N–H and O–H groups in total. The molecule has 1 heterocycles. The number of fused-ring (bicyclic) bond motifs is 1. The van der Waals surface area contributed by atoms with Crippen molar-refractivity contribution >= 4 is 16.5 Å². The summed E-state index contributed by atoms with van der Waals surface area (Å²) in [4.78, 5) is 4.55. The molecule has 0 spiro atoms. The van der Waals surface area contributed by atoms with Gasteiger partial charge in [-0.1, -0.05) is 18.2 Å². The van der Waals surface area contributed by atoms with Gasteiger partial charge in [-0.3, -0.25) is 4.98 Å². The normalized spacial score (nSPS) is 12.9. The Kier molecular flexibility index (Phi) is 4.79. The van der Waals surface area contributed by atoms with Crippen LogP contribution < -0.4 is 5.32 Å². The minimum Gasteiger partial charge on any atom is -0.312 e. The quantitative estimate of drug-likeness (QED) is 0.820. The number of nitrogens with zero attached hydrogens (tertiary/aromatic N) is 1. The summed E-state index contributed by atoms with van der Waals surface area (Å²) in [6.45, 7) is 11.8. The van der Waals surface area contributed by atoms with E-state index in [2.05, 4.69) is 74.4 Å². The molecule has 0 saturated heterocycles. The molecule has 0 radical (unpaired) electrons. The average Bonchev–Trinajstić information content (AvgIpc) is 2.41. The van der Waals surface area contributed by atoms with Crippen molar-refractivity contribution in [3.63, 3.8) is 0 Å². The molecule has 0 unspecified atom stereocenters. The van der Waals surface area contributed by atoms with E-state index in [1.807, 2.05) is 6.92 Å². The maximum Gasteiger partial charge on any atom is 0.0705 e. The van der Waals surface area contributed by atoms with Gasteiger partial charge in [0, 0.05) is 16.6 Å². The van der Waals surface area contributed by atoms with Crippen LogP contribution in [-0.4, -0.2) is 17.1 Å². The van der Waals surface area contributed by atoms with Gasteiger partial charge < -0.3 is 5.32 Å². The topological polar surface area (TPSA) is 24.9 Å². The maximum atomic E-state index is 4.55. The van der Waals surface area contributed by atoms with E-state index in [0.717, 1.165) is 24.2 Å². The maximum absolute atomic E-state index is 4.55. The number of nitrogens with one attached hydrogen (secondary N) is 1. The SMILES string of the molecule is C/C(=C/CCNC(C)(C)C)c1ccc2nc(C)ccc2c1. The molecule has 2 aromatic rings. The Morgan fingerprint density at radius 1 is 1.19 bits per heavy atom. The Balaban J connectivity index is 2.08. The molecule has 1 aromatic carbocycles. The van der Waals surface area contributed by atoms with Crippen molar-refractivity contribution in [2.24, 2.45) is 0 Å². The van der Waals surface area contributed by atoms with Gasteiger partial charge in [-0.2, -0.15) is 0 Å². The summed E-state index contributed by atoms with van der Waals surface area (Å²) in [5, 5.41) is 4.72. The van der Waals surface area contributed by atoms with E-state index in [9.17, 15) is 0 Å². The number of allylic oxidation sites excluding steroid dienone is 1. The minimum atomic E-state index is 0.189. The highest BCUT2D eigenvalue weighted by molar-refractivity contribution is 5.83. The van der Waals surface area contributed by atoms with Crippen LogP contribution in [0.2, 0.25) is 0 Å². The Bertz CT molecular complexity index is 648. The lowest BCUT2D eigenvalue weighted by Crippen LogP contribution is -2.36. The van der Waals surface area contributed by atoms with Crippen LogP contribution in [0.1, 0.15) is 45.4 Å². The first-order valence-electron chi connectivity index (χ1n) is 7.65. The number of benzene rings is 1. The summed E-state index contributed by atoms with van der Waals surface area (Å²) >= 11 is 0. The van der Waals surface area contributed by atoms with Crippen LogP contribution in [0.15, 0.2) is 36.4 Å². The zero-order chi connectivity index (χ0) is 15.5. The van der Waals surface area contributed by atoms with E-state index in [1.165, 1.54) is 16.5 Å². The van der Waals surface area contributed by atoms with Gasteiger partial charge in [-0.05, 0) is 76.9 Å². The Labute approximate surface area is 128 Å². The first kappa shape index (κ1) is 15.7. The largest absolute Gasteiger partial charge is 0.312 e. The fraction of sp³-hybridized carbons (Fsp3) is 0.421. The molecule has 2 rings (SSSR count). The predicted molar refractivity (Wildman–Crippen MR) is 92.5 cm³/mol. The molecule has 112 valence electrons. The van der Waals surface area contributed by atoms with Gasteiger partial charge in [0.2, 0.25) is 0 Å². The van der Waals surface area contributed by atoms with Gasteiger partial charge in [0.15, 0.2) is 0 Å². The second kappa shape index (κ2) is 6.40. The summed E-state index contributed by atoms with van der Waals surface area (Å²) in [5.74, 6) is 0. The third-order valence-corrected chi connectivity index (χ3v) is 3.53. The van der Waals surface area contributed by atoms with Gasteiger partial charge in [-0.25, -0.2) is 0 Å². The summed E-state index contributed by atoms with van der Waals surface area (Å²) in [7, 11) is 0. The van der Waals surface area contributed by atoms with Crippen LogP contribution in [-0.2, 0) is 0 Å². The van der Waals surface area contributed by atoms with Gasteiger partial charge in [0.05, 0.1) is 5.52 Å². The van der Waals surface area contributed by atoms with Crippen LogP contribution in [0.4, 0.5) is 0 Å². The van der Waals surface area contributed by atoms with Crippen molar-refractivity contribution in [3.8, 4) is 0 Å². The van der Waals surface area contributed by atoms with Crippen LogP contribution in [0.25, 0.3) is 16.5 Å². The molecule has 0 bridgehead atoms. The molecule has 21 heavy (non-hydrogen) atoms. The number of hydrogen-bond donors (Lipinski definition) is 1. The van der Waals surface area contributed by atoms with E-state index in [1.54, 1.807) is 0 Å². The molecular formula is C19H26N2. The Hall–Kier alpha value is -1.67. The molecule has 2 heteroatoms. The van der Waals surface area contributed by atoms with E-state index < -0.39 is 0 Å². The molecular weight excluding hydrogens is 256 g/mol. The number of aryl methyl sites for hydroxylation is 1. The highest BCUT2D eigenvalue weighted by Crippen LogP contribution is 2.20. The lowest BCUT2D eigenvalue weighted by molar-refractivity contribution is 0.431. The molecule has 0 aliphatic carbocycles. The van der Waals surface area contributed by atoms with Gasteiger partial charge >= 0.3 is 0 Å². The van der Waals surface area contributed by atoms with Crippen molar-refractivity contribution in [2.75, 3.05) is 6.54 Å². The van der Waals surface area contributed by atoms with Crippen molar-refractivity contribution < 1.29 is 0 Å². The fourth-order valence-corrected chi connectivity index (χ4v) is 2.33. The van der Waals surface area contributed by atoms with E-state index in [-0.39, 0.29) is 5.54 Å². The van der Waals surface area contributed by atoms with Crippen LogP contribution in [0.5, 0.6) is 0 Å². The van der Waals surface area contributed by atoms with Crippen molar-refractivity contribution in [1.82, 2.24) is 10.3 Å². The summed E-state index contributed by atoms with van der Waals surface area (Å²) < 4.78 is 0. The highest BCUT2D eigenvalue weighted by Gasteiger charge is 2.06. The van der Waals surface area contributed by atoms with E-state index in [4.69, 9.17) is 0 Å². The molecule has 0 atom stereocenters. The fourth-order valence-electron chi connectivity index (χ4n) is 2.33. The van der Waals surface area contributed by atoms with Crippen LogP contribution >= 0.6 is 0 Å². The summed E-state index contributed by atoms with van der Waals surface area (Å²) in [6.07, 6.45) is 3.36. The highest BCUT2D eigenvalue weighted by atomic mass is 14.9. The molecule has 2 nitrogen and oxygen atoms in total. The molecule has 0 aliphatic heterocycles. The van der Waals surface area contributed by atoms with Crippen LogP contribution in [0, 0.1) is 6.92 Å². The van der Waals surface area contributed by atoms with Crippen molar-refractivity contribution in [2.45, 2.75) is 46.6 Å². The third-order valence-electron chi connectivity index (χ3n) is 3.53. The van der Waals surface area contributed by atoms with E-state index in [0.29, 0.717) is 0 Å². The van der Waals surface area contributed by atoms with Crippen LogP contribution in [0.3, 0.4) is 0 Å². The second-order valence-electron chi connectivity index (χ2n) is 6.71. The number of pyridine rings is 1. The number of rotatable bonds is 4.